The van der Waals surface area contributed by atoms with E-state index >= 15 is 0 Å². The number of hydrogen-bond donors (Lipinski definition) is 2. The zero-order valence-corrected chi connectivity index (χ0v) is 10.1. The molecule has 0 atom stereocenters. The van der Waals surface area contributed by atoms with Gasteiger partial charge < -0.3 is 10.8 Å². The molecule has 0 aliphatic carbocycles. The van der Waals surface area contributed by atoms with E-state index < -0.39 is 0 Å². The lowest BCUT2D eigenvalue weighted by molar-refractivity contribution is 0.0982. The molecule has 1 aromatic carbocycles. The van der Waals surface area contributed by atoms with Crippen molar-refractivity contribution in [3.63, 3.8) is 0 Å². The summed E-state index contributed by atoms with van der Waals surface area (Å²) in [5.41, 5.74) is 6.32. The monoisotopic (exact) mass is 221 g/mol. The molecule has 1 rings (SSSR count). The number of carbonyl (C=O) groups excluding carboxylic acids is 1. The average molecular weight is 221 g/mol. The molecule has 0 spiro atoms. The van der Waals surface area contributed by atoms with Crippen LogP contribution in [0.5, 0.6) is 5.75 Å². The third-order valence-electron chi connectivity index (χ3n) is 2.52. The van der Waals surface area contributed by atoms with Gasteiger partial charge in [0.2, 0.25) is 0 Å². The SMILES string of the molecule is CC(C)(C)c1cccc(C(=O)CCN)c1O. The van der Waals surface area contributed by atoms with Crippen LogP contribution in [0, 0.1) is 0 Å². The Balaban J connectivity index is 3.19. The van der Waals surface area contributed by atoms with Crippen LogP contribution in [0.2, 0.25) is 0 Å². The predicted octanol–water partition coefficient (Wildman–Crippen LogP) is 2.22. The first kappa shape index (κ1) is 12.7. The van der Waals surface area contributed by atoms with Crippen LogP contribution in [0.25, 0.3) is 0 Å². The number of rotatable bonds is 3. The van der Waals surface area contributed by atoms with Crippen LogP contribution < -0.4 is 5.73 Å². The number of nitrogens with two attached hydrogens (primary N) is 1. The first-order valence-corrected chi connectivity index (χ1v) is 5.43. The molecule has 0 radical (unpaired) electrons. The molecule has 0 amide bonds. The van der Waals surface area contributed by atoms with Gasteiger partial charge in [-0.3, -0.25) is 4.79 Å². The summed E-state index contributed by atoms with van der Waals surface area (Å²) >= 11 is 0. The molecule has 1 aromatic rings. The first-order chi connectivity index (χ1) is 7.38. The molecular formula is C13H19NO2. The molecule has 0 aromatic heterocycles. The van der Waals surface area contributed by atoms with Gasteiger partial charge in [-0.25, -0.2) is 0 Å². The van der Waals surface area contributed by atoms with Crippen LogP contribution >= 0.6 is 0 Å². The van der Waals surface area contributed by atoms with Crippen LogP contribution in [-0.2, 0) is 5.41 Å². The van der Waals surface area contributed by atoms with Crippen molar-refractivity contribution in [3.8, 4) is 5.75 Å². The Morgan fingerprint density at radius 3 is 2.50 bits per heavy atom. The Bertz CT molecular complexity index is 391. The van der Waals surface area contributed by atoms with E-state index in [0.29, 0.717) is 12.1 Å². The van der Waals surface area contributed by atoms with Gasteiger partial charge in [0.25, 0.3) is 0 Å². The second kappa shape index (κ2) is 4.66. The molecule has 0 aliphatic heterocycles. The molecule has 0 aliphatic rings. The highest BCUT2D eigenvalue weighted by Gasteiger charge is 2.21. The molecule has 0 saturated heterocycles. The second-order valence-electron chi connectivity index (χ2n) is 4.91. The maximum atomic E-state index is 11.7. The number of aromatic hydroxyl groups is 1. The van der Waals surface area contributed by atoms with Crippen LogP contribution in [-0.4, -0.2) is 17.4 Å². The van der Waals surface area contributed by atoms with Crippen molar-refractivity contribution in [3.05, 3.63) is 29.3 Å². The summed E-state index contributed by atoms with van der Waals surface area (Å²) in [5.74, 6) is -0.0143. The summed E-state index contributed by atoms with van der Waals surface area (Å²) in [6, 6.07) is 5.28. The molecule has 0 heterocycles. The van der Waals surface area contributed by atoms with Gasteiger partial charge in [0.15, 0.2) is 5.78 Å². The minimum Gasteiger partial charge on any atom is -0.507 e. The summed E-state index contributed by atoms with van der Waals surface area (Å²) in [5, 5.41) is 10.1. The lowest BCUT2D eigenvalue weighted by Gasteiger charge is -2.21. The summed E-state index contributed by atoms with van der Waals surface area (Å²) in [4.78, 5) is 11.7. The Hall–Kier alpha value is -1.35. The Morgan fingerprint density at radius 1 is 1.38 bits per heavy atom. The quantitative estimate of drug-likeness (QED) is 0.769. The zero-order chi connectivity index (χ0) is 12.3. The van der Waals surface area contributed by atoms with Gasteiger partial charge in [0.1, 0.15) is 5.75 Å². The molecule has 88 valence electrons. The van der Waals surface area contributed by atoms with Crippen molar-refractivity contribution in [1.82, 2.24) is 0 Å². The minimum absolute atomic E-state index is 0.0912. The molecular weight excluding hydrogens is 202 g/mol. The van der Waals surface area contributed by atoms with Crippen molar-refractivity contribution in [1.29, 1.82) is 0 Å². The predicted molar refractivity (Wildman–Crippen MR) is 64.8 cm³/mol. The Morgan fingerprint density at radius 2 is 2.00 bits per heavy atom. The van der Waals surface area contributed by atoms with Gasteiger partial charge in [-0.1, -0.05) is 32.9 Å². The van der Waals surface area contributed by atoms with Gasteiger partial charge >= 0.3 is 0 Å². The Kier molecular flexibility index (Phi) is 3.70. The fraction of sp³-hybridized carbons (Fsp3) is 0.462. The molecule has 0 fully saturated rings. The number of para-hydroxylation sites is 1. The topological polar surface area (TPSA) is 63.3 Å². The fourth-order valence-electron chi connectivity index (χ4n) is 1.64. The molecule has 0 bridgehead atoms. The van der Waals surface area contributed by atoms with Crippen LogP contribution in [0.4, 0.5) is 0 Å². The summed E-state index contributed by atoms with van der Waals surface area (Å²) in [6.07, 6.45) is 0.265. The van der Waals surface area contributed by atoms with E-state index in [-0.39, 0.29) is 23.4 Å². The fourth-order valence-corrected chi connectivity index (χ4v) is 1.64. The van der Waals surface area contributed by atoms with E-state index in [2.05, 4.69) is 0 Å². The third-order valence-corrected chi connectivity index (χ3v) is 2.52. The standard InChI is InChI=1S/C13H19NO2/c1-13(2,3)10-6-4-5-9(12(10)16)11(15)7-8-14/h4-6,16H,7-8,14H2,1-3H3. The number of phenolic OH excluding ortho intramolecular Hbond substituents is 1. The number of ketones is 1. The van der Waals surface area contributed by atoms with E-state index in [4.69, 9.17) is 5.73 Å². The number of benzene rings is 1. The third kappa shape index (κ3) is 2.61. The molecule has 3 nitrogen and oxygen atoms in total. The largest absolute Gasteiger partial charge is 0.507 e. The lowest BCUT2D eigenvalue weighted by atomic mass is 9.84. The highest BCUT2D eigenvalue weighted by atomic mass is 16.3. The van der Waals surface area contributed by atoms with E-state index in [1.54, 1.807) is 12.1 Å². The van der Waals surface area contributed by atoms with E-state index in [9.17, 15) is 9.90 Å². The van der Waals surface area contributed by atoms with Gasteiger partial charge in [-0.05, 0) is 23.6 Å². The van der Waals surface area contributed by atoms with Gasteiger partial charge in [-0.15, -0.1) is 0 Å². The summed E-state index contributed by atoms with van der Waals surface area (Å²) in [6.45, 7) is 6.30. The van der Waals surface area contributed by atoms with E-state index in [1.807, 2.05) is 26.8 Å². The van der Waals surface area contributed by atoms with Crippen molar-refractivity contribution < 1.29 is 9.90 Å². The molecule has 0 unspecified atom stereocenters. The van der Waals surface area contributed by atoms with Gasteiger partial charge in [-0.2, -0.15) is 0 Å². The number of Topliss-reactive ketones (excluding diaryl/α,β-unsaturated/α-hetero) is 1. The zero-order valence-electron chi connectivity index (χ0n) is 10.1. The molecule has 3 heteroatoms. The van der Waals surface area contributed by atoms with Crippen molar-refractivity contribution >= 4 is 5.78 Å². The van der Waals surface area contributed by atoms with Gasteiger partial charge in [0.05, 0.1) is 5.56 Å². The average Bonchev–Trinajstić information content (AvgIpc) is 2.16. The van der Waals surface area contributed by atoms with Crippen molar-refractivity contribution in [2.45, 2.75) is 32.6 Å². The smallest absolute Gasteiger partial charge is 0.167 e. The van der Waals surface area contributed by atoms with E-state index in [0.717, 1.165) is 5.56 Å². The minimum atomic E-state index is -0.177. The summed E-state index contributed by atoms with van der Waals surface area (Å²) in [7, 11) is 0. The maximum absolute atomic E-state index is 11.7. The van der Waals surface area contributed by atoms with Crippen LogP contribution in [0.1, 0.15) is 43.1 Å². The maximum Gasteiger partial charge on any atom is 0.167 e. The van der Waals surface area contributed by atoms with Crippen LogP contribution in [0.15, 0.2) is 18.2 Å². The number of carbonyl (C=O) groups is 1. The first-order valence-electron chi connectivity index (χ1n) is 5.43. The number of phenols is 1. The second-order valence-corrected chi connectivity index (χ2v) is 4.91. The van der Waals surface area contributed by atoms with Crippen LogP contribution in [0.3, 0.4) is 0 Å². The van der Waals surface area contributed by atoms with Gasteiger partial charge in [0, 0.05) is 6.42 Å². The highest BCUT2D eigenvalue weighted by molar-refractivity contribution is 5.99. The highest BCUT2D eigenvalue weighted by Crippen LogP contribution is 2.33. The number of hydrogen-bond acceptors (Lipinski definition) is 3. The van der Waals surface area contributed by atoms with E-state index in [1.165, 1.54) is 0 Å². The Labute approximate surface area is 96.3 Å². The molecule has 16 heavy (non-hydrogen) atoms. The summed E-state index contributed by atoms with van der Waals surface area (Å²) < 4.78 is 0. The lowest BCUT2D eigenvalue weighted by Crippen LogP contribution is -2.14. The normalized spacial score (nSPS) is 11.5. The van der Waals surface area contributed by atoms with Crippen molar-refractivity contribution in [2.75, 3.05) is 6.54 Å². The molecule has 3 N–H and O–H groups in total. The molecule has 0 saturated carbocycles. The van der Waals surface area contributed by atoms with Crippen molar-refractivity contribution in [2.24, 2.45) is 5.73 Å².